The van der Waals surface area contributed by atoms with Crippen molar-refractivity contribution in [3.05, 3.63) is 33.7 Å². The van der Waals surface area contributed by atoms with Gasteiger partial charge in [0.15, 0.2) is 0 Å². The summed E-state index contributed by atoms with van der Waals surface area (Å²) in [5.74, 6) is -0.0559. The molecule has 0 aromatic carbocycles. The smallest absolute Gasteiger partial charge is 0.118 e. The number of hydrogen-bond donors (Lipinski definition) is 2. The maximum atomic E-state index is 8.91. The van der Waals surface area contributed by atoms with Crippen LogP contribution in [0, 0.1) is 0 Å². The molecule has 0 saturated heterocycles. The molecule has 0 heterocycles. The minimum Gasteiger partial charge on any atom is -0.509 e. The van der Waals surface area contributed by atoms with Crippen molar-refractivity contribution in [3.8, 4) is 0 Å². The van der Waals surface area contributed by atoms with E-state index in [1.807, 2.05) is 22.6 Å². The van der Waals surface area contributed by atoms with Crippen LogP contribution in [0.3, 0.4) is 0 Å². The first-order valence-electron chi connectivity index (χ1n) is 2.50. The fourth-order valence-electron chi connectivity index (χ4n) is 0.266. The molecular formula is C6H7BINO. The highest BCUT2D eigenvalue weighted by molar-refractivity contribution is 14.1. The maximum Gasteiger partial charge on any atom is 0.118 e. The Morgan fingerprint density at radius 3 is 2.40 bits per heavy atom. The molecule has 0 aromatic rings. The molecule has 0 bridgehead atoms. The van der Waals surface area contributed by atoms with Gasteiger partial charge in [0.25, 0.3) is 0 Å². The average Bonchev–Trinajstić information content (AvgIpc) is 1.82. The highest BCUT2D eigenvalue weighted by Gasteiger charge is 1.88. The van der Waals surface area contributed by atoms with Crippen LogP contribution in [0.1, 0.15) is 0 Å². The van der Waals surface area contributed by atoms with Gasteiger partial charge in [-0.05, 0) is 34.7 Å². The molecule has 0 atom stereocenters. The first-order valence-corrected chi connectivity index (χ1v) is 3.58. The van der Waals surface area contributed by atoms with E-state index in [1.165, 1.54) is 12.2 Å². The molecule has 0 spiro atoms. The van der Waals surface area contributed by atoms with Gasteiger partial charge in [-0.15, -0.1) is 6.58 Å². The van der Waals surface area contributed by atoms with Crippen molar-refractivity contribution in [2.24, 2.45) is 5.73 Å². The SMILES string of the molecule is [B]C(=C)/C(O)=C\C=C(/N)I. The summed E-state index contributed by atoms with van der Waals surface area (Å²) < 4.78 is 0.574. The second-order valence-electron chi connectivity index (χ2n) is 1.63. The number of aliphatic hydroxyl groups excluding tert-OH is 1. The summed E-state index contributed by atoms with van der Waals surface area (Å²) in [6, 6.07) is 0. The van der Waals surface area contributed by atoms with Gasteiger partial charge in [-0.3, -0.25) is 0 Å². The molecule has 0 fully saturated rings. The summed E-state index contributed by atoms with van der Waals surface area (Å²) in [5.41, 5.74) is 5.40. The molecule has 2 nitrogen and oxygen atoms in total. The van der Waals surface area contributed by atoms with Gasteiger partial charge >= 0.3 is 0 Å². The summed E-state index contributed by atoms with van der Waals surface area (Å²) >= 11 is 1.91. The van der Waals surface area contributed by atoms with E-state index in [0.717, 1.165) is 0 Å². The van der Waals surface area contributed by atoms with E-state index in [0.29, 0.717) is 3.70 Å². The Morgan fingerprint density at radius 1 is 1.60 bits per heavy atom. The van der Waals surface area contributed by atoms with Crippen LogP contribution >= 0.6 is 22.6 Å². The summed E-state index contributed by atoms with van der Waals surface area (Å²) in [5, 5.41) is 8.91. The van der Waals surface area contributed by atoms with E-state index in [2.05, 4.69) is 6.58 Å². The lowest BCUT2D eigenvalue weighted by atomic mass is 9.96. The Bertz CT molecular complexity index is 194. The zero-order valence-corrected chi connectivity index (χ0v) is 7.50. The van der Waals surface area contributed by atoms with E-state index >= 15 is 0 Å². The molecular weight excluding hydrogens is 240 g/mol. The van der Waals surface area contributed by atoms with Crippen molar-refractivity contribution < 1.29 is 5.11 Å². The molecule has 2 radical (unpaired) electrons. The fourth-order valence-corrected chi connectivity index (χ4v) is 0.445. The predicted molar refractivity (Wildman–Crippen MR) is 51.9 cm³/mol. The molecule has 4 heteroatoms. The Morgan fingerprint density at radius 2 is 2.10 bits per heavy atom. The Labute approximate surface area is 75.0 Å². The van der Waals surface area contributed by atoms with Crippen molar-refractivity contribution in [1.29, 1.82) is 0 Å². The highest BCUT2D eigenvalue weighted by atomic mass is 127. The Kier molecular flexibility index (Phi) is 4.26. The largest absolute Gasteiger partial charge is 0.509 e. The van der Waals surface area contributed by atoms with Crippen LogP contribution < -0.4 is 5.73 Å². The van der Waals surface area contributed by atoms with Gasteiger partial charge in [-0.2, -0.15) is 0 Å². The van der Waals surface area contributed by atoms with Crippen LogP contribution in [0.25, 0.3) is 0 Å². The quantitative estimate of drug-likeness (QED) is 0.254. The molecule has 0 aliphatic carbocycles. The molecule has 0 unspecified atom stereocenters. The number of nitrogens with two attached hydrogens (primary N) is 1. The van der Waals surface area contributed by atoms with Crippen LogP contribution in [0.15, 0.2) is 33.7 Å². The van der Waals surface area contributed by atoms with E-state index in [4.69, 9.17) is 18.7 Å². The zero-order valence-electron chi connectivity index (χ0n) is 5.34. The lowest BCUT2D eigenvalue weighted by Gasteiger charge is -1.93. The van der Waals surface area contributed by atoms with Gasteiger partial charge in [0.05, 0.1) is 3.70 Å². The van der Waals surface area contributed by atoms with E-state index < -0.39 is 0 Å². The lowest BCUT2D eigenvalue weighted by Crippen LogP contribution is -1.87. The van der Waals surface area contributed by atoms with Gasteiger partial charge in [0.2, 0.25) is 0 Å². The Balaban J connectivity index is 4.19. The van der Waals surface area contributed by atoms with Crippen LogP contribution in [-0.4, -0.2) is 13.0 Å². The number of hydrogen-bond acceptors (Lipinski definition) is 2. The van der Waals surface area contributed by atoms with Crippen molar-refractivity contribution in [2.75, 3.05) is 0 Å². The van der Waals surface area contributed by atoms with Crippen LogP contribution in [0.5, 0.6) is 0 Å². The summed E-state index contributed by atoms with van der Waals surface area (Å²) in [4.78, 5) is 0. The fraction of sp³-hybridized carbons (Fsp3) is 0. The van der Waals surface area contributed by atoms with Gasteiger partial charge in [0.1, 0.15) is 13.6 Å². The maximum absolute atomic E-state index is 8.91. The number of aliphatic hydroxyl groups is 1. The van der Waals surface area contributed by atoms with Gasteiger partial charge in [-0.1, -0.05) is 5.47 Å². The van der Waals surface area contributed by atoms with E-state index in [9.17, 15) is 0 Å². The zero-order chi connectivity index (χ0) is 8.15. The van der Waals surface area contributed by atoms with Gasteiger partial charge in [0, 0.05) is 0 Å². The topological polar surface area (TPSA) is 46.2 Å². The second-order valence-corrected chi connectivity index (χ2v) is 2.87. The molecule has 0 saturated carbocycles. The molecule has 0 amide bonds. The van der Waals surface area contributed by atoms with Gasteiger partial charge < -0.3 is 10.8 Å². The molecule has 0 rings (SSSR count). The van der Waals surface area contributed by atoms with Crippen molar-refractivity contribution in [3.63, 3.8) is 0 Å². The lowest BCUT2D eigenvalue weighted by molar-refractivity contribution is 0.430. The molecule has 0 aliphatic heterocycles. The molecule has 0 aromatic heterocycles. The van der Waals surface area contributed by atoms with Crippen molar-refractivity contribution in [1.82, 2.24) is 0 Å². The summed E-state index contributed by atoms with van der Waals surface area (Å²) in [7, 11) is 5.14. The van der Waals surface area contributed by atoms with Crippen LogP contribution in [-0.2, 0) is 0 Å². The number of halogens is 1. The standard InChI is InChI=1S/C6H7BINO/c1-4(7)5(10)2-3-6(8)9/h2-3,10H,1,9H2/b5-2+,6-3-. The van der Waals surface area contributed by atoms with Gasteiger partial charge in [-0.25, -0.2) is 0 Å². The number of rotatable bonds is 2. The van der Waals surface area contributed by atoms with Crippen molar-refractivity contribution in [2.45, 2.75) is 0 Å². The first-order chi connectivity index (χ1) is 4.54. The van der Waals surface area contributed by atoms with E-state index in [1.54, 1.807) is 0 Å². The van der Waals surface area contributed by atoms with E-state index in [-0.39, 0.29) is 11.2 Å². The monoisotopic (exact) mass is 247 g/mol. The third kappa shape index (κ3) is 4.49. The normalized spacial score (nSPS) is 13.3. The molecule has 0 aliphatic rings. The average molecular weight is 247 g/mol. The third-order valence-electron chi connectivity index (χ3n) is 0.729. The highest BCUT2D eigenvalue weighted by Crippen LogP contribution is 2.01. The van der Waals surface area contributed by atoms with Crippen LogP contribution in [0.4, 0.5) is 0 Å². The molecule has 52 valence electrons. The minimum absolute atomic E-state index is 0.0559. The minimum atomic E-state index is -0.0559. The number of allylic oxidation sites excluding steroid dienone is 3. The molecule has 10 heavy (non-hydrogen) atoms. The Hall–Kier alpha value is -0.385. The summed E-state index contributed by atoms with van der Waals surface area (Å²) in [6.45, 7) is 3.32. The second kappa shape index (κ2) is 4.43. The van der Waals surface area contributed by atoms with Crippen LogP contribution in [0.2, 0.25) is 0 Å². The molecule has 3 N–H and O–H groups in total. The van der Waals surface area contributed by atoms with Crippen molar-refractivity contribution >= 4 is 30.4 Å². The third-order valence-corrected chi connectivity index (χ3v) is 1.09. The first kappa shape index (κ1) is 9.61. The summed E-state index contributed by atoms with van der Waals surface area (Å²) in [6.07, 6.45) is 2.93. The predicted octanol–water partition coefficient (Wildman–Crippen LogP) is 1.35.